The SMILES string of the molecule is Cc1c[nH]c(=O)n1-c1ccc(CCN)cc1. The predicted molar refractivity (Wildman–Crippen MR) is 63.9 cm³/mol. The van der Waals surface area contributed by atoms with Crippen molar-refractivity contribution in [2.45, 2.75) is 13.3 Å². The van der Waals surface area contributed by atoms with Crippen LogP contribution in [0, 0.1) is 6.92 Å². The first kappa shape index (κ1) is 10.7. The summed E-state index contributed by atoms with van der Waals surface area (Å²) >= 11 is 0. The van der Waals surface area contributed by atoms with Crippen molar-refractivity contribution in [2.24, 2.45) is 5.73 Å². The van der Waals surface area contributed by atoms with Gasteiger partial charge in [0.1, 0.15) is 0 Å². The Balaban J connectivity index is 2.39. The van der Waals surface area contributed by atoms with Gasteiger partial charge >= 0.3 is 5.69 Å². The van der Waals surface area contributed by atoms with Gasteiger partial charge in [-0.3, -0.25) is 4.57 Å². The zero-order chi connectivity index (χ0) is 11.5. The van der Waals surface area contributed by atoms with Crippen LogP contribution in [0.5, 0.6) is 0 Å². The third-order valence-corrected chi connectivity index (χ3v) is 2.59. The number of aromatic nitrogens is 2. The monoisotopic (exact) mass is 217 g/mol. The Bertz CT molecular complexity index is 522. The molecule has 0 radical (unpaired) electrons. The van der Waals surface area contributed by atoms with Crippen LogP contribution in [0.15, 0.2) is 35.3 Å². The van der Waals surface area contributed by atoms with Crippen LogP contribution in [-0.2, 0) is 6.42 Å². The van der Waals surface area contributed by atoms with Gasteiger partial charge in [0.15, 0.2) is 0 Å². The van der Waals surface area contributed by atoms with Gasteiger partial charge in [0.25, 0.3) is 0 Å². The van der Waals surface area contributed by atoms with E-state index in [1.807, 2.05) is 31.2 Å². The highest BCUT2D eigenvalue weighted by molar-refractivity contribution is 5.36. The Labute approximate surface area is 93.7 Å². The molecule has 0 bridgehead atoms. The van der Waals surface area contributed by atoms with Crippen molar-refractivity contribution in [1.29, 1.82) is 0 Å². The largest absolute Gasteiger partial charge is 0.330 e. The quantitative estimate of drug-likeness (QED) is 0.804. The van der Waals surface area contributed by atoms with Crippen molar-refractivity contribution in [3.63, 3.8) is 0 Å². The number of nitrogens with two attached hydrogens (primary N) is 1. The number of nitrogens with zero attached hydrogens (tertiary/aromatic N) is 1. The van der Waals surface area contributed by atoms with Crippen LogP contribution in [-0.4, -0.2) is 16.1 Å². The maximum atomic E-state index is 11.5. The Morgan fingerprint density at radius 3 is 2.50 bits per heavy atom. The number of imidazole rings is 1. The van der Waals surface area contributed by atoms with Crippen molar-refractivity contribution in [1.82, 2.24) is 9.55 Å². The van der Waals surface area contributed by atoms with Gasteiger partial charge in [0.2, 0.25) is 0 Å². The minimum absolute atomic E-state index is 0.107. The third-order valence-electron chi connectivity index (χ3n) is 2.59. The fraction of sp³-hybridized carbons (Fsp3) is 0.250. The van der Waals surface area contributed by atoms with Crippen molar-refractivity contribution in [3.05, 3.63) is 52.2 Å². The standard InChI is InChI=1S/C12H15N3O/c1-9-8-14-12(16)15(9)11-4-2-10(3-5-11)6-7-13/h2-5,8H,6-7,13H2,1H3,(H,14,16). The van der Waals surface area contributed by atoms with Crippen LogP contribution >= 0.6 is 0 Å². The van der Waals surface area contributed by atoms with E-state index in [9.17, 15) is 4.79 Å². The lowest BCUT2D eigenvalue weighted by molar-refractivity contribution is 0.937. The topological polar surface area (TPSA) is 63.8 Å². The summed E-state index contributed by atoms with van der Waals surface area (Å²) < 4.78 is 1.65. The van der Waals surface area contributed by atoms with E-state index in [4.69, 9.17) is 5.73 Å². The number of hydrogen-bond donors (Lipinski definition) is 2. The Morgan fingerprint density at radius 1 is 1.31 bits per heavy atom. The smallest absolute Gasteiger partial charge is 0.330 e. The molecule has 2 rings (SSSR count). The second-order valence-corrected chi connectivity index (χ2v) is 3.78. The Morgan fingerprint density at radius 2 is 2.00 bits per heavy atom. The summed E-state index contributed by atoms with van der Waals surface area (Å²) in [6, 6.07) is 7.88. The molecule has 0 spiro atoms. The average molecular weight is 217 g/mol. The molecule has 4 nitrogen and oxygen atoms in total. The van der Waals surface area contributed by atoms with Gasteiger partial charge in [-0.1, -0.05) is 12.1 Å². The molecule has 0 aliphatic carbocycles. The molecule has 0 saturated heterocycles. The van der Waals surface area contributed by atoms with Crippen LogP contribution in [0.25, 0.3) is 5.69 Å². The minimum atomic E-state index is -0.107. The van der Waals surface area contributed by atoms with E-state index < -0.39 is 0 Å². The third kappa shape index (κ3) is 1.92. The number of aryl methyl sites for hydroxylation is 1. The van der Waals surface area contributed by atoms with Gasteiger partial charge in [0, 0.05) is 11.9 Å². The van der Waals surface area contributed by atoms with Crippen molar-refractivity contribution < 1.29 is 0 Å². The van der Waals surface area contributed by atoms with E-state index in [2.05, 4.69) is 4.98 Å². The van der Waals surface area contributed by atoms with E-state index in [0.717, 1.165) is 17.8 Å². The molecule has 0 aliphatic heterocycles. The molecule has 84 valence electrons. The lowest BCUT2D eigenvalue weighted by Crippen LogP contribution is -2.15. The molecule has 1 aromatic carbocycles. The van der Waals surface area contributed by atoms with Crippen LogP contribution in [0.4, 0.5) is 0 Å². The van der Waals surface area contributed by atoms with E-state index >= 15 is 0 Å². The highest BCUT2D eigenvalue weighted by Gasteiger charge is 2.03. The van der Waals surface area contributed by atoms with Crippen LogP contribution < -0.4 is 11.4 Å². The van der Waals surface area contributed by atoms with Crippen molar-refractivity contribution >= 4 is 0 Å². The molecule has 0 unspecified atom stereocenters. The van der Waals surface area contributed by atoms with Crippen LogP contribution in [0.3, 0.4) is 0 Å². The maximum absolute atomic E-state index is 11.5. The van der Waals surface area contributed by atoms with Gasteiger partial charge in [-0.2, -0.15) is 0 Å². The summed E-state index contributed by atoms with van der Waals surface area (Å²) in [7, 11) is 0. The van der Waals surface area contributed by atoms with Gasteiger partial charge in [-0.05, 0) is 37.6 Å². The van der Waals surface area contributed by atoms with Crippen molar-refractivity contribution in [3.8, 4) is 5.69 Å². The molecule has 1 aromatic heterocycles. The first-order valence-corrected chi connectivity index (χ1v) is 5.29. The highest BCUT2D eigenvalue weighted by atomic mass is 16.1. The number of H-pyrrole nitrogens is 1. The predicted octanol–water partition coefficient (Wildman–Crippen LogP) is 0.975. The fourth-order valence-corrected chi connectivity index (χ4v) is 1.75. The van der Waals surface area contributed by atoms with Crippen LogP contribution in [0.2, 0.25) is 0 Å². The molecule has 0 atom stereocenters. The minimum Gasteiger partial charge on any atom is -0.330 e. The zero-order valence-electron chi connectivity index (χ0n) is 9.23. The second-order valence-electron chi connectivity index (χ2n) is 3.78. The Kier molecular flexibility index (Phi) is 2.92. The molecule has 0 saturated carbocycles. The van der Waals surface area contributed by atoms with Gasteiger partial charge in [-0.25, -0.2) is 4.79 Å². The fourth-order valence-electron chi connectivity index (χ4n) is 1.75. The van der Waals surface area contributed by atoms with Crippen LogP contribution in [0.1, 0.15) is 11.3 Å². The highest BCUT2D eigenvalue weighted by Crippen LogP contribution is 2.09. The Hall–Kier alpha value is -1.81. The number of benzene rings is 1. The molecule has 0 amide bonds. The summed E-state index contributed by atoms with van der Waals surface area (Å²) in [6.45, 7) is 2.54. The average Bonchev–Trinajstić information content (AvgIpc) is 2.61. The summed E-state index contributed by atoms with van der Waals surface area (Å²) in [6.07, 6.45) is 2.57. The molecule has 0 aliphatic rings. The lowest BCUT2D eigenvalue weighted by Gasteiger charge is -2.05. The number of nitrogens with one attached hydrogen (secondary N) is 1. The number of rotatable bonds is 3. The maximum Gasteiger partial charge on any atom is 0.330 e. The van der Waals surface area contributed by atoms with E-state index in [0.29, 0.717) is 6.54 Å². The first-order chi connectivity index (χ1) is 7.72. The molecule has 2 aromatic rings. The van der Waals surface area contributed by atoms with Gasteiger partial charge < -0.3 is 10.7 Å². The summed E-state index contributed by atoms with van der Waals surface area (Å²) in [5, 5.41) is 0. The molecule has 16 heavy (non-hydrogen) atoms. The van der Waals surface area contributed by atoms with Crippen molar-refractivity contribution in [2.75, 3.05) is 6.54 Å². The summed E-state index contributed by atoms with van der Waals surface area (Å²) in [4.78, 5) is 14.2. The summed E-state index contributed by atoms with van der Waals surface area (Å²) in [5.41, 5.74) is 8.34. The molecular formula is C12H15N3O. The number of aromatic amines is 1. The molecule has 4 heteroatoms. The van der Waals surface area contributed by atoms with Gasteiger partial charge in [-0.15, -0.1) is 0 Å². The molecule has 1 heterocycles. The number of hydrogen-bond acceptors (Lipinski definition) is 2. The summed E-state index contributed by atoms with van der Waals surface area (Å²) in [5.74, 6) is 0. The lowest BCUT2D eigenvalue weighted by atomic mass is 10.1. The van der Waals surface area contributed by atoms with E-state index in [1.165, 1.54) is 5.56 Å². The zero-order valence-corrected chi connectivity index (χ0v) is 9.23. The normalized spacial score (nSPS) is 10.6. The van der Waals surface area contributed by atoms with E-state index in [-0.39, 0.29) is 5.69 Å². The van der Waals surface area contributed by atoms with E-state index in [1.54, 1.807) is 10.8 Å². The van der Waals surface area contributed by atoms with Gasteiger partial charge in [0.05, 0.1) is 5.69 Å². The first-order valence-electron chi connectivity index (χ1n) is 5.29. The molecular weight excluding hydrogens is 202 g/mol. The second kappa shape index (κ2) is 4.37. The molecule has 0 fully saturated rings. The molecule has 3 N–H and O–H groups in total.